The average molecular weight is 366 g/mol. The predicted molar refractivity (Wildman–Crippen MR) is 93.2 cm³/mol. The van der Waals surface area contributed by atoms with Crippen LogP contribution < -0.4 is 4.31 Å². The minimum atomic E-state index is -3.32. The van der Waals surface area contributed by atoms with E-state index in [1.165, 1.54) is 10.6 Å². The summed E-state index contributed by atoms with van der Waals surface area (Å²) in [5, 5.41) is 9.12. The van der Waals surface area contributed by atoms with E-state index >= 15 is 0 Å². The second-order valence-corrected chi connectivity index (χ2v) is 8.76. The van der Waals surface area contributed by atoms with Gasteiger partial charge in [-0.15, -0.1) is 0 Å². The maximum atomic E-state index is 12.9. The van der Waals surface area contributed by atoms with Crippen LogP contribution in [0.1, 0.15) is 35.7 Å². The number of hydrogen-bond acceptors (Lipinski definition) is 4. The van der Waals surface area contributed by atoms with Gasteiger partial charge < -0.3 is 10.0 Å². The Balaban J connectivity index is 1.84. The van der Waals surface area contributed by atoms with Crippen molar-refractivity contribution in [1.82, 2.24) is 4.90 Å². The zero-order valence-corrected chi connectivity index (χ0v) is 15.1. The summed E-state index contributed by atoms with van der Waals surface area (Å²) in [4.78, 5) is 25.6. The third kappa shape index (κ3) is 3.63. The van der Waals surface area contributed by atoms with Gasteiger partial charge in [0.1, 0.15) is 0 Å². The second-order valence-electron chi connectivity index (χ2n) is 6.86. The molecular weight excluding hydrogens is 344 g/mol. The molecule has 1 amide bonds. The molecule has 136 valence electrons. The average Bonchev–Trinajstić information content (AvgIpc) is 3.27. The molecule has 7 nitrogen and oxygen atoms in total. The molecule has 1 aromatic carbocycles. The number of benzene rings is 1. The van der Waals surface area contributed by atoms with Gasteiger partial charge in [0.05, 0.1) is 17.9 Å². The molecule has 0 bridgehead atoms. The monoisotopic (exact) mass is 366 g/mol. The summed E-state index contributed by atoms with van der Waals surface area (Å²) in [6.07, 6.45) is 3.53. The minimum Gasteiger partial charge on any atom is -0.481 e. The van der Waals surface area contributed by atoms with Crippen LogP contribution in [0.3, 0.4) is 0 Å². The lowest BCUT2D eigenvalue weighted by atomic mass is 10.1. The first-order chi connectivity index (χ1) is 11.7. The smallest absolute Gasteiger partial charge is 0.308 e. The van der Waals surface area contributed by atoms with E-state index in [1.54, 1.807) is 30.0 Å². The van der Waals surface area contributed by atoms with Crippen molar-refractivity contribution in [3.05, 3.63) is 29.3 Å². The second kappa shape index (κ2) is 6.33. The van der Waals surface area contributed by atoms with E-state index < -0.39 is 21.9 Å². The van der Waals surface area contributed by atoms with Crippen molar-refractivity contribution in [3.8, 4) is 0 Å². The number of carbonyl (C=O) groups excluding carboxylic acids is 1. The van der Waals surface area contributed by atoms with Crippen LogP contribution in [0.5, 0.6) is 0 Å². The number of anilines is 1. The molecule has 1 saturated carbocycles. The van der Waals surface area contributed by atoms with Gasteiger partial charge in [-0.1, -0.05) is 6.92 Å². The molecule has 25 heavy (non-hydrogen) atoms. The minimum absolute atomic E-state index is 0.107. The molecule has 1 N–H and O–H groups in total. The molecular formula is C17H22N2O5S. The lowest BCUT2D eigenvalue weighted by Crippen LogP contribution is -2.38. The molecule has 1 aliphatic carbocycles. The molecule has 1 atom stereocenters. The van der Waals surface area contributed by atoms with Crippen molar-refractivity contribution < 1.29 is 23.1 Å². The van der Waals surface area contributed by atoms with Gasteiger partial charge in [0.2, 0.25) is 10.0 Å². The van der Waals surface area contributed by atoms with Crippen LogP contribution in [0.4, 0.5) is 5.69 Å². The van der Waals surface area contributed by atoms with Crippen molar-refractivity contribution in [2.75, 3.05) is 23.7 Å². The number of rotatable bonds is 6. The van der Waals surface area contributed by atoms with Crippen LogP contribution >= 0.6 is 0 Å². The van der Waals surface area contributed by atoms with Crippen molar-refractivity contribution in [1.29, 1.82) is 0 Å². The van der Waals surface area contributed by atoms with Gasteiger partial charge >= 0.3 is 5.97 Å². The molecule has 1 fully saturated rings. The molecule has 1 aliphatic heterocycles. The number of carboxylic acid groups (broad SMARTS) is 1. The fourth-order valence-electron chi connectivity index (χ4n) is 3.17. The van der Waals surface area contributed by atoms with Crippen LogP contribution in [0.2, 0.25) is 0 Å². The van der Waals surface area contributed by atoms with E-state index in [0.717, 1.165) is 18.4 Å². The Morgan fingerprint density at radius 3 is 2.60 bits per heavy atom. The third-order valence-electron chi connectivity index (χ3n) is 4.72. The van der Waals surface area contributed by atoms with Crippen LogP contribution in [0, 0.1) is 5.92 Å². The number of aliphatic carboxylic acids is 1. The van der Waals surface area contributed by atoms with Crippen molar-refractivity contribution in [2.24, 2.45) is 5.92 Å². The van der Waals surface area contributed by atoms with Gasteiger partial charge in [-0.25, -0.2) is 8.42 Å². The van der Waals surface area contributed by atoms with Crippen molar-refractivity contribution in [2.45, 2.75) is 32.2 Å². The quantitative estimate of drug-likeness (QED) is 0.820. The Bertz CT molecular complexity index is 816. The van der Waals surface area contributed by atoms with Crippen LogP contribution in [-0.2, 0) is 21.2 Å². The summed E-state index contributed by atoms with van der Waals surface area (Å²) in [5.41, 5.74) is 1.94. The fraction of sp³-hybridized carbons (Fsp3) is 0.529. The van der Waals surface area contributed by atoms with Gasteiger partial charge in [0.15, 0.2) is 0 Å². The van der Waals surface area contributed by atoms with Crippen LogP contribution in [-0.4, -0.2) is 55.7 Å². The molecule has 2 aliphatic rings. The van der Waals surface area contributed by atoms with Gasteiger partial charge in [-0.2, -0.15) is 0 Å². The lowest BCUT2D eigenvalue weighted by molar-refractivity contribution is -0.141. The summed E-state index contributed by atoms with van der Waals surface area (Å²) < 4.78 is 25.0. The molecule has 0 aromatic heterocycles. The Morgan fingerprint density at radius 1 is 1.36 bits per heavy atom. The SMILES string of the molecule is CC(CN(C(=O)c1ccc2c(c1)CCN2S(C)(=O)=O)C1CC1)C(=O)O. The molecule has 1 heterocycles. The van der Waals surface area contributed by atoms with E-state index in [0.29, 0.717) is 24.2 Å². The van der Waals surface area contributed by atoms with Gasteiger partial charge in [0, 0.05) is 24.7 Å². The Hall–Kier alpha value is -2.09. The van der Waals surface area contributed by atoms with E-state index in [2.05, 4.69) is 0 Å². The maximum Gasteiger partial charge on any atom is 0.308 e. The first-order valence-electron chi connectivity index (χ1n) is 8.33. The van der Waals surface area contributed by atoms with Gasteiger partial charge in [-0.3, -0.25) is 13.9 Å². The number of carbonyl (C=O) groups is 2. The topological polar surface area (TPSA) is 95.0 Å². The highest BCUT2D eigenvalue weighted by atomic mass is 32.2. The maximum absolute atomic E-state index is 12.9. The molecule has 8 heteroatoms. The zero-order valence-electron chi connectivity index (χ0n) is 14.3. The normalized spacial score (nSPS) is 17.9. The summed E-state index contributed by atoms with van der Waals surface area (Å²) in [7, 11) is -3.32. The summed E-state index contributed by atoms with van der Waals surface area (Å²) >= 11 is 0. The largest absolute Gasteiger partial charge is 0.481 e. The van der Waals surface area contributed by atoms with Gasteiger partial charge in [0.25, 0.3) is 5.91 Å². The Labute approximate surface area is 147 Å². The molecule has 0 saturated heterocycles. The summed E-state index contributed by atoms with van der Waals surface area (Å²) in [6, 6.07) is 5.15. The van der Waals surface area contributed by atoms with E-state index in [-0.39, 0.29) is 18.5 Å². The Kier molecular flexibility index (Phi) is 4.49. The number of sulfonamides is 1. The first kappa shape index (κ1) is 17.7. The van der Waals surface area contributed by atoms with E-state index in [1.807, 2.05) is 0 Å². The van der Waals surface area contributed by atoms with Crippen molar-refractivity contribution in [3.63, 3.8) is 0 Å². The van der Waals surface area contributed by atoms with Gasteiger partial charge in [-0.05, 0) is 43.0 Å². The number of amides is 1. The van der Waals surface area contributed by atoms with E-state index in [9.17, 15) is 18.0 Å². The third-order valence-corrected chi connectivity index (χ3v) is 5.90. The highest BCUT2D eigenvalue weighted by Gasteiger charge is 2.35. The number of fused-ring (bicyclic) bond motifs is 1. The number of nitrogens with zero attached hydrogens (tertiary/aromatic N) is 2. The van der Waals surface area contributed by atoms with Crippen LogP contribution in [0.25, 0.3) is 0 Å². The molecule has 1 aromatic rings. The molecule has 0 radical (unpaired) electrons. The highest BCUT2D eigenvalue weighted by Crippen LogP contribution is 2.33. The summed E-state index contributed by atoms with van der Waals surface area (Å²) in [6.45, 7) is 2.16. The molecule has 0 spiro atoms. The van der Waals surface area contributed by atoms with Crippen LogP contribution in [0.15, 0.2) is 18.2 Å². The Morgan fingerprint density at radius 2 is 2.04 bits per heavy atom. The standard InChI is InChI=1S/C17H22N2O5S/c1-11(17(21)22)10-18(14-4-5-14)16(20)13-3-6-15-12(9-13)7-8-19(15)25(2,23)24/h3,6,9,11,14H,4-5,7-8,10H2,1-2H3,(H,21,22). The first-order valence-corrected chi connectivity index (χ1v) is 10.2. The van der Waals surface area contributed by atoms with Crippen molar-refractivity contribution >= 4 is 27.6 Å². The summed E-state index contributed by atoms with van der Waals surface area (Å²) in [5.74, 6) is -1.73. The van der Waals surface area contributed by atoms with E-state index in [4.69, 9.17) is 5.11 Å². The molecule has 1 unspecified atom stereocenters. The lowest BCUT2D eigenvalue weighted by Gasteiger charge is -2.25. The molecule has 3 rings (SSSR count). The highest BCUT2D eigenvalue weighted by molar-refractivity contribution is 7.92. The zero-order chi connectivity index (χ0) is 18.4. The number of hydrogen-bond donors (Lipinski definition) is 1. The predicted octanol–water partition coefficient (Wildman–Crippen LogP) is 1.33. The number of carboxylic acids is 1. The fourth-order valence-corrected chi connectivity index (χ4v) is 4.13.